The lowest BCUT2D eigenvalue weighted by atomic mass is 10.1. The molecule has 0 amide bonds. The molecule has 0 aromatic heterocycles. The first-order chi connectivity index (χ1) is 11.9. The van der Waals surface area contributed by atoms with Gasteiger partial charge in [-0.05, 0) is 25.7 Å². The van der Waals surface area contributed by atoms with Gasteiger partial charge in [0.25, 0.3) is 0 Å². The van der Waals surface area contributed by atoms with Crippen LogP contribution in [0.25, 0.3) is 0 Å². The maximum absolute atomic E-state index is 11.2. The Morgan fingerprint density at radius 2 is 1.04 bits per heavy atom. The third kappa shape index (κ3) is 18.5. The lowest BCUT2D eigenvalue weighted by Crippen LogP contribution is -2.28. The fourth-order valence-corrected chi connectivity index (χ4v) is 2.57. The predicted octanol–water partition coefficient (Wildman–Crippen LogP) is 3.62. The first kappa shape index (κ1) is 23.4. The van der Waals surface area contributed by atoms with Crippen molar-refractivity contribution in [2.24, 2.45) is 0 Å². The minimum atomic E-state index is -0.746. The molecule has 25 heavy (non-hydrogen) atoms. The molecule has 7 nitrogen and oxygen atoms in total. The third-order valence-electron chi connectivity index (χ3n) is 3.85. The van der Waals surface area contributed by atoms with Gasteiger partial charge < -0.3 is 15.1 Å². The molecule has 0 saturated carbocycles. The van der Waals surface area contributed by atoms with Crippen LogP contribution in [0.1, 0.15) is 84.0 Å². The van der Waals surface area contributed by atoms with Gasteiger partial charge in [0.05, 0.1) is 0 Å². The van der Waals surface area contributed by atoms with Gasteiger partial charge in [-0.1, -0.05) is 38.5 Å². The molecular weight excluding hydrogens is 326 g/mol. The monoisotopic (exact) mass is 359 g/mol. The number of aliphatic carboxylic acids is 2. The van der Waals surface area contributed by atoms with E-state index in [9.17, 15) is 14.4 Å². The van der Waals surface area contributed by atoms with Gasteiger partial charge >= 0.3 is 17.9 Å². The molecule has 0 heterocycles. The van der Waals surface area contributed by atoms with Gasteiger partial charge in [-0.15, -0.1) is 5.06 Å². The molecule has 0 spiro atoms. The average molecular weight is 359 g/mol. The second-order valence-electron chi connectivity index (χ2n) is 6.33. The third-order valence-corrected chi connectivity index (χ3v) is 3.85. The number of carbonyl (C=O) groups excluding carboxylic acids is 1. The van der Waals surface area contributed by atoms with Gasteiger partial charge in [0.1, 0.15) is 0 Å². The van der Waals surface area contributed by atoms with Crippen molar-refractivity contribution in [2.75, 3.05) is 13.1 Å². The topological polar surface area (TPSA) is 104 Å². The molecule has 0 saturated heterocycles. The SMILES string of the molecule is CC(=O)ON(CCCCCCCC(=O)O)CCCCCCCC(=O)O. The molecule has 0 aliphatic rings. The number of rotatable bonds is 17. The number of hydrogen-bond donors (Lipinski definition) is 2. The number of carboxylic acid groups (broad SMARTS) is 2. The smallest absolute Gasteiger partial charge is 0.322 e. The molecule has 0 aliphatic carbocycles. The van der Waals surface area contributed by atoms with E-state index in [1.54, 1.807) is 5.06 Å². The minimum absolute atomic E-state index is 0.228. The van der Waals surface area contributed by atoms with Crippen LogP contribution < -0.4 is 0 Å². The zero-order valence-corrected chi connectivity index (χ0v) is 15.4. The maximum atomic E-state index is 11.2. The van der Waals surface area contributed by atoms with E-state index in [1.165, 1.54) is 6.92 Å². The van der Waals surface area contributed by atoms with Crippen LogP contribution in [-0.4, -0.2) is 46.3 Å². The molecule has 146 valence electrons. The standard InChI is InChI=1S/C18H33NO6/c1-16(20)25-19(14-10-6-2-4-8-12-17(21)22)15-11-7-3-5-9-13-18(23)24/h2-15H2,1H3,(H,21,22)(H,23,24). The van der Waals surface area contributed by atoms with Crippen LogP contribution in [-0.2, 0) is 19.2 Å². The highest BCUT2D eigenvalue weighted by atomic mass is 16.7. The van der Waals surface area contributed by atoms with E-state index in [2.05, 4.69) is 0 Å². The van der Waals surface area contributed by atoms with Gasteiger partial charge in [-0.25, -0.2) is 0 Å². The molecule has 0 bridgehead atoms. The number of carbonyl (C=O) groups is 3. The first-order valence-corrected chi connectivity index (χ1v) is 9.29. The minimum Gasteiger partial charge on any atom is -0.481 e. The Hall–Kier alpha value is -1.63. The molecule has 0 unspecified atom stereocenters. The van der Waals surface area contributed by atoms with E-state index < -0.39 is 11.9 Å². The van der Waals surface area contributed by atoms with Crippen LogP contribution in [0.15, 0.2) is 0 Å². The molecule has 0 aromatic carbocycles. The summed E-state index contributed by atoms with van der Waals surface area (Å²) >= 11 is 0. The van der Waals surface area contributed by atoms with E-state index >= 15 is 0 Å². The van der Waals surface area contributed by atoms with Crippen molar-refractivity contribution in [1.29, 1.82) is 0 Å². The van der Waals surface area contributed by atoms with Crippen LogP contribution in [0.3, 0.4) is 0 Å². The Morgan fingerprint density at radius 3 is 1.40 bits per heavy atom. The summed E-state index contributed by atoms with van der Waals surface area (Å²) < 4.78 is 0. The van der Waals surface area contributed by atoms with E-state index in [1.807, 2.05) is 0 Å². The summed E-state index contributed by atoms with van der Waals surface area (Å²) in [5, 5.41) is 18.8. The molecule has 0 atom stereocenters. The molecule has 0 aliphatic heterocycles. The Morgan fingerprint density at radius 1 is 0.680 bits per heavy atom. The number of unbranched alkanes of at least 4 members (excludes halogenated alkanes) is 8. The lowest BCUT2D eigenvalue weighted by molar-refractivity contribution is -0.188. The number of nitrogens with zero attached hydrogens (tertiary/aromatic N) is 1. The van der Waals surface area contributed by atoms with Gasteiger partial charge in [-0.3, -0.25) is 14.4 Å². The summed E-state index contributed by atoms with van der Waals surface area (Å²) in [7, 11) is 0. The quantitative estimate of drug-likeness (QED) is 0.302. The van der Waals surface area contributed by atoms with Crippen LogP contribution >= 0.6 is 0 Å². The van der Waals surface area contributed by atoms with E-state index in [4.69, 9.17) is 15.1 Å². The van der Waals surface area contributed by atoms with Gasteiger partial charge in [0.15, 0.2) is 0 Å². The van der Waals surface area contributed by atoms with Crippen LogP contribution in [0.4, 0.5) is 0 Å². The highest BCUT2D eigenvalue weighted by molar-refractivity contribution is 5.66. The van der Waals surface area contributed by atoms with Gasteiger partial charge in [0.2, 0.25) is 0 Å². The van der Waals surface area contributed by atoms with E-state index in [-0.39, 0.29) is 18.8 Å². The number of hydroxylamine groups is 2. The summed E-state index contributed by atoms with van der Waals surface area (Å²) in [6, 6.07) is 0. The molecule has 0 radical (unpaired) electrons. The highest BCUT2D eigenvalue weighted by Gasteiger charge is 2.08. The Labute approximate surface area is 150 Å². The summed E-state index contributed by atoms with van der Waals surface area (Å²) in [4.78, 5) is 37.2. The van der Waals surface area contributed by atoms with E-state index in [0.29, 0.717) is 25.9 Å². The normalized spacial score (nSPS) is 10.8. The first-order valence-electron chi connectivity index (χ1n) is 9.29. The van der Waals surface area contributed by atoms with Gasteiger partial charge in [0, 0.05) is 32.9 Å². The largest absolute Gasteiger partial charge is 0.481 e. The lowest BCUT2D eigenvalue weighted by Gasteiger charge is -2.20. The Bertz CT molecular complexity index is 358. The van der Waals surface area contributed by atoms with Crippen LogP contribution in [0.2, 0.25) is 0 Å². The zero-order valence-electron chi connectivity index (χ0n) is 15.4. The molecule has 7 heteroatoms. The van der Waals surface area contributed by atoms with Crippen LogP contribution in [0, 0.1) is 0 Å². The predicted molar refractivity (Wildman–Crippen MR) is 94.0 cm³/mol. The summed E-state index contributed by atoms with van der Waals surface area (Å²) in [6.07, 6.45) is 9.51. The molecule has 0 fully saturated rings. The Balaban J connectivity index is 3.69. The molecule has 0 rings (SSSR count). The number of hydrogen-bond acceptors (Lipinski definition) is 5. The van der Waals surface area contributed by atoms with Crippen LogP contribution in [0.5, 0.6) is 0 Å². The van der Waals surface area contributed by atoms with Crippen molar-refractivity contribution >= 4 is 17.9 Å². The van der Waals surface area contributed by atoms with Crippen molar-refractivity contribution in [3.8, 4) is 0 Å². The van der Waals surface area contributed by atoms with Crippen molar-refractivity contribution in [2.45, 2.75) is 84.0 Å². The fourth-order valence-electron chi connectivity index (χ4n) is 2.57. The molecule has 2 N–H and O–H groups in total. The zero-order chi connectivity index (χ0) is 18.9. The van der Waals surface area contributed by atoms with Crippen molar-refractivity contribution in [3.63, 3.8) is 0 Å². The average Bonchev–Trinajstić information content (AvgIpc) is 2.51. The van der Waals surface area contributed by atoms with Crippen molar-refractivity contribution in [1.82, 2.24) is 5.06 Å². The van der Waals surface area contributed by atoms with E-state index in [0.717, 1.165) is 51.4 Å². The highest BCUT2D eigenvalue weighted by Crippen LogP contribution is 2.09. The molecule has 0 aromatic rings. The summed E-state index contributed by atoms with van der Waals surface area (Å²) in [5.74, 6) is -1.81. The summed E-state index contributed by atoms with van der Waals surface area (Å²) in [5.41, 5.74) is 0. The Kier molecular flexibility index (Phi) is 14.8. The maximum Gasteiger partial charge on any atom is 0.322 e. The molecular formula is C18H33NO6. The fraction of sp³-hybridized carbons (Fsp3) is 0.833. The summed E-state index contributed by atoms with van der Waals surface area (Å²) in [6.45, 7) is 2.78. The van der Waals surface area contributed by atoms with Crippen molar-refractivity contribution < 1.29 is 29.4 Å². The second-order valence-corrected chi connectivity index (χ2v) is 6.33. The van der Waals surface area contributed by atoms with Gasteiger partial charge in [-0.2, -0.15) is 0 Å². The second kappa shape index (κ2) is 15.9. The van der Waals surface area contributed by atoms with Crippen molar-refractivity contribution in [3.05, 3.63) is 0 Å². The number of carboxylic acids is 2.